The van der Waals surface area contributed by atoms with Crippen molar-refractivity contribution in [1.29, 1.82) is 0 Å². The van der Waals surface area contributed by atoms with Crippen LogP contribution in [-0.2, 0) is 58.8 Å². The number of aromatic nitrogens is 14. The van der Waals surface area contributed by atoms with Crippen molar-refractivity contribution in [3.63, 3.8) is 0 Å². The monoisotopic (exact) mass is 926 g/mol. The predicted octanol–water partition coefficient (Wildman–Crippen LogP) is -7.60. The van der Waals surface area contributed by atoms with Crippen LogP contribution in [0, 0.1) is 11.6 Å². The number of carbonyl (C=O) groups is 2. The summed E-state index contributed by atoms with van der Waals surface area (Å²) in [6, 6.07) is 8.30. The number of nitrogens with zero attached hydrogens (tertiary/aromatic N) is 18. The van der Waals surface area contributed by atoms with Gasteiger partial charge in [-0.05, 0) is 34.7 Å². The van der Waals surface area contributed by atoms with Crippen LogP contribution >= 0.6 is 7.82 Å². The number of rotatable bonds is 10. The van der Waals surface area contributed by atoms with Gasteiger partial charge in [0.25, 0.3) is 11.9 Å². The molecule has 0 bridgehead atoms. The molecule has 8 heterocycles. The maximum Gasteiger partial charge on any atom is 1.00 e. The molecule has 4 aromatic heterocycles. The Morgan fingerprint density at radius 1 is 0.703 bits per heavy atom. The Hall–Kier alpha value is -5.07. The molecule has 2 fully saturated rings. The molecule has 64 heavy (non-hydrogen) atoms. The molecule has 0 unspecified atom stereocenters. The fourth-order valence-corrected chi connectivity index (χ4v) is 7.18. The van der Waals surface area contributed by atoms with E-state index in [9.17, 15) is 32.7 Å². The molecule has 32 heteroatoms. The molecule has 0 saturated carbocycles. The number of halogens is 2. The molecule has 10 rings (SSSR count). The van der Waals surface area contributed by atoms with E-state index in [4.69, 9.17) is 14.6 Å². The van der Waals surface area contributed by atoms with Crippen molar-refractivity contribution in [3.8, 4) is 11.4 Å². The summed E-state index contributed by atoms with van der Waals surface area (Å²) < 4.78 is 54.3. The smallest absolute Gasteiger partial charge is 0.790 e. The Morgan fingerprint density at radius 2 is 1.11 bits per heavy atom. The first-order valence-corrected chi connectivity index (χ1v) is 19.9. The number of carbonyl (C=O) groups excluding carboxylic acids is 2. The van der Waals surface area contributed by atoms with Gasteiger partial charge in [0.1, 0.15) is 46.4 Å². The molecule has 0 spiro atoms. The van der Waals surface area contributed by atoms with Crippen LogP contribution in [0.15, 0.2) is 36.4 Å². The van der Waals surface area contributed by atoms with E-state index < -0.39 is 50.5 Å². The van der Waals surface area contributed by atoms with Crippen molar-refractivity contribution in [2.45, 2.75) is 38.4 Å². The second-order valence-electron chi connectivity index (χ2n) is 14.1. The number of amides is 2. The molecule has 324 valence electrons. The normalized spacial score (nSPS) is 17.7. The molecule has 1 N–H and O–H groups in total. The Morgan fingerprint density at radius 3 is 1.45 bits per heavy atom. The van der Waals surface area contributed by atoms with Crippen LogP contribution < -0.4 is 88.5 Å². The average Bonchev–Trinajstić information content (AvgIpc) is 4.07. The maximum atomic E-state index is 14.9. The number of hydrogen-bond donors (Lipinski definition) is 1. The first-order valence-electron chi connectivity index (χ1n) is 18.4. The third-order valence-electron chi connectivity index (χ3n) is 9.74. The van der Waals surface area contributed by atoms with Gasteiger partial charge in [0.15, 0.2) is 11.6 Å². The average molecular weight is 927 g/mol. The Labute approximate surface area is 402 Å². The number of cyclic esters (lactones) is 2. The van der Waals surface area contributed by atoms with Crippen molar-refractivity contribution in [2.75, 3.05) is 45.9 Å². The van der Waals surface area contributed by atoms with Crippen molar-refractivity contribution in [3.05, 3.63) is 70.8 Å². The summed E-state index contributed by atoms with van der Waals surface area (Å²) >= 11 is 0. The van der Waals surface area contributed by atoms with E-state index in [-0.39, 0.29) is 95.9 Å². The summed E-state index contributed by atoms with van der Waals surface area (Å²) in [5, 5.41) is 50.4. The van der Waals surface area contributed by atoms with E-state index in [0.29, 0.717) is 66.5 Å². The molecule has 4 aliphatic heterocycles. The number of hydrogen-bond acceptors (Lipinski definition) is 21. The number of phosphoric acid groups is 1. The fourth-order valence-electron chi connectivity index (χ4n) is 6.83. The van der Waals surface area contributed by atoms with Gasteiger partial charge in [-0.1, -0.05) is 10.2 Å². The van der Waals surface area contributed by atoms with E-state index in [1.807, 2.05) is 9.80 Å². The molecule has 27 nitrogen and oxygen atoms in total. The molecule has 0 aliphatic carbocycles. The zero-order valence-corrected chi connectivity index (χ0v) is 39.1. The topological polar surface area (TPSA) is 307 Å². The molecule has 2 aromatic carbocycles. The van der Waals surface area contributed by atoms with E-state index in [1.165, 1.54) is 48.4 Å². The summed E-state index contributed by atoms with van der Waals surface area (Å²) in [6.45, 7) is 0.829. The minimum Gasteiger partial charge on any atom is -0.790 e. The number of benzene rings is 2. The number of fused-ring (bicyclic) bond motifs is 2. The van der Waals surface area contributed by atoms with Crippen LogP contribution in [0.5, 0.6) is 0 Å². The number of ether oxygens (including phenoxy) is 2. The van der Waals surface area contributed by atoms with Gasteiger partial charge in [0.2, 0.25) is 0 Å². The van der Waals surface area contributed by atoms with Crippen LogP contribution in [-0.4, -0.2) is 126 Å². The summed E-state index contributed by atoms with van der Waals surface area (Å²) in [4.78, 5) is 56.3. The summed E-state index contributed by atoms with van der Waals surface area (Å²) in [6.07, 6.45) is -3.05. The van der Waals surface area contributed by atoms with Crippen molar-refractivity contribution >= 4 is 43.3 Å². The minimum absolute atomic E-state index is 0. The molecule has 2 atom stereocenters. The minimum atomic E-state index is -5.20. The molecule has 4 aliphatic rings. The van der Waals surface area contributed by atoms with Crippen molar-refractivity contribution in [1.82, 2.24) is 70.4 Å². The third-order valence-corrected chi connectivity index (χ3v) is 10.2. The zero-order valence-electron chi connectivity index (χ0n) is 34.2. The van der Waals surface area contributed by atoms with Gasteiger partial charge in [0.05, 0.1) is 85.8 Å². The van der Waals surface area contributed by atoms with E-state index >= 15 is 0 Å². The van der Waals surface area contributed by atoms with Gasteiger partial charge in [-0.2, -0.15) is 30.0 Å². The first-order chi connectivity index (χ1) is 29.7. The van der Waals surface area contributed by atoms with Gasteiger partial charge in [0, 0.05) is 12.1 Å². The van der Waals surface area contributed by atoms with Gasteiger partial charge < -0.3 is 43.3 Å². The first kappa shape index (κ1) is 46.9. The third kappa shape index (κ3) is 9.78. The zero-order chi connectivity index (χ0) is 43.4. The van der Waals surface area contributed by atoms with E-state index in [1.54, 1.807) is 20.2 Å². The van der Waals surface area contributed by atoms with Crippen molar-refractivity contribution < 1.29 is 111 Å². The van der Waals surface area contributed by atoms with E-state index in [0.717, 1.165) is 11.0 Å². The second-order valence-corrected chi connectivity index (χ2v) is 15.2. The van der Waals surface area contributed by atoms with Gasteiger partial charge >= 0.3 is 71.3 Å². The second kappa shape index (κ2) is 18.8. The van der Waals surface area contributed by atoms with Crippen LogP contribution in [0.25, 0.3) is 11.4 Å². The maximum absolute atomic E-state index is 14.9. The largest absolute Gasteiger partial charge is 1.00 e. The number of tetrazole rings is 2. The standard InChI is InChI=1S/C16H17FN9O6P.C16H16FN9O3.2Na/c1-23-21-15(18-22-23)24-6-12-13(7-24)20-26(19-12)14-3-2-9(4-11(14)17)25-5-10(32-16(25)27)8-31-33(28,29)30;1-23-21-15(18-22-23)24-6-12-13(7-24)20-26(19-12)14-3-2-9(4-11(14)17)25-5-10(8-27)29-16(25)28;;/h2-4,10H,5-8H2,1H3,(H2,28,29,30);2-4,10,27H,5-8H2,1H3;;/q;;2*+1/p-2/t2*10-;;/m11../s1. The quantitative estimate of drug-likeness (QED) is 0.0985. The Balaban J connectivity index is 0.000000187. The van der Waals surface area contributed by atoms with Gasteiger partial charge in [-0.25, -0.2) is 18.4 Å². The molecule has 0 radical (unpaired) electrons. The summed E-state index contributed by atoms with van der Waals surface area (Å²) in [5.74, 6) is -0.351. The Bertz CT molecular complexity index is 2700. The van der Waals surface area contributed by atoms with Crippen LogP contribution in [0.1, 0.15) is 22.8 Å². The van der Waals surface area contributed by atoms with E-state index in [2.05, 4.69) is 55.7 Å². The van der Waals surface area contributed by atoms with Crippen LogP contribution in [0.4, 0.5) is 41.6 Å². The molecular formula is C32H31F2N18Na2O9P. The molecular weight excluding hydrogens is 895 g/mol. The number of phosphoric ester groups is 1. The van der Waals surface area contributed by atoms with Crippen LogP contribution in [0.3, 0.4) is 0 Å². The number of aliphatic hydroxyl groups excluding tert-OH is 1. The number of aliphatic hydroxyl groups is 1. The molecule has 6 aromatic rings. The van der Waals surface area contributed by atoms with Crippen molar-refractivity contribution in [2.24, 2.45) is 14.1 Å². The Kier molecular flexibility index (Phi) is 13.8. The SMILES string of the molecule is Cn1nnc(N2Cc3nn(-c4ccc(N5C[C@H](CO)OC5=O)cc4F)nc3C2)n1.Cn1nnc(N2Cc3nn(-c4ccc(N5C[C@H](COP(=O)([O-])[O-])OC5=O)cc4F)nc3C2)n1.[Na+].[Na+]. The predicted molar refractivity (Wildman–Crippen MR) is 196 cm³/mol. The fraction of sp³-hybridized carbons (Fsp3) is 0.375. The summed E-state index contributed by atoms with van der Waals surface area (Å²) in [7, 11) is -1.86. The number of aryl methyl sites for hydroxylation is 2. The molecule has 2 saturated heterocycles. The van der Waals surface area contributed by atoms with Gasteiger partial charge in [-0.3, -0.25) is 9.80 Å². The van der Waals surface area contributed by atoms with Crippen LogP contribution in [0.2, 0.25) is 0 Å². The molecule has 2 amide bonds. The number of anilines is 4. The van der Waals surface area contributed by atoms with Gasteiger partial charge in [-0.15, -0.1) is 19.8 Å². The summed E-state index contributed by atoms with van der Waals surface area (Å²) in [5.41, 5.74) is 3.45.